The quantitative estimate of drug-likeness (QED) is 0.656. The zero-order chi connectivity index (χ0) is 9.26. The zero-order valence-corrected chi connectivity index (χ0v) is 6.98. The first-order valence-corrected chi connectivity index (χ1v) is 3.75. The monoisotopic (exact) mass is 177 g/mol. The summed E-state index contributed by atoms with van der Waals surface area (Å²) in [6.07, 6.45) is -0.0105. The summed E-state index contributed by atoms with van der Waals surface area (Å²) in [5.74, 6) is 0. The summed E-state index contributed by atoms with van der Waals surface area (Å²) in [4.78, 5) is 15.2. The topological polar surface area (TPSA) is 52.3 Å². The van der Waals surface area contributed by atoms with Crippen LogP contribution >= 0.6 is 0 Å². The number of rotatable bonds is 1. The molecule has 1 aromatic carbocycles. The van der Waals surface area contributed by atoms with E-state index in [9.17, 15) is 4.79 Å². The molecule has 4 heteroatoms. The molecule has 1 aromatic heterocycles. The molecule has 2 aromatic rings. The first kappa shape index (κ1) is 7.79. The van der Waals surface area contributed by atoms with Crippen LogP contribution in [0.2, 0.25) is 0 Å². The van der Waals surface area contributed by atoms with Crippen LogP contribution < -0.4 is 10.4 Å². The third-order valence-corrected chi connectivity index (χ3v) is 1.69. The normalized spacial score (nSPS) is 10.2. The molecule has 0 atom stereocenters. The molecule has 0 saturated carbocycles. The molecule has 0 N–H and O–H groups in total. The van der Waals surface area contributed by atoms with Crippen molar-refractivity contribution in [3.63, 3.8) is 0 Å². The fourth-order valence-corrected chi connectivity index (χ4v) is 1.09. The third kappa shape index (κ3) is 1.26. The molecule has 66 valence electrons. The maximum Gasteiger partial charge on any atom is 0.396 e. The van der Waals surface area contributed by atoms with Crippen molar-refractivity contribution < 1.29 is 9.15 Å². The number of methoxy groups -OCH3 is 1. The Bertz CT molecular complexity index is 489. The van der Waals surface area contributed by atoms with Crippen LogP contribution in [0.25, 0.3) is 10.9 Å². The minimum absolute atomic E-state index is 0.0105. The first-order chi connectivity index (χ1) is 6.31. The molecule has 0 saturated heterocycles. The van der Waals surface area contributed by atoms with Gasteiger partial charge in [-0.15, -0.1) is 0 Å². The van der Waals surface area contributed by atoms with Crippen LogP contribution in [0.4, 0.5) is 0 Å². The molecule has 0 amide bonds. The van der Waals surface area contributed by atoms with E-state index in [1.165, 1.54) is 7.11 Å². The van der Waals surface area contributed by atoms with Crippen LogP contribution in [0.3, 0.4) is 0 Å². The largest absolute Gasteiger partial charge is 0.453 e. The lowest BCUT2D eigenvalue weighted by Crippen LogP contribution is -2.02. The van der Waals surface area contributed by atoms with Gasteiger partial charge in [0.15, 0.2) is 0 Å². The minimum Gasteiger partial charge on any atom is -0.453 e. The van der Waals surface area contributed by atoms with Gasteiger partial charge in [-0.2, -0.15) is 4.98 Å². The van der Waals surface area contributed by atoms with E-state index in [4.69, 9.17) is 9.15 Å². The van der Waals surface area contributed by atoms with Crippen molar-refractivity contribution in [1.29, 1.82) is 0 Å². The Morgan fingerprint density at radius 1 is 1.38 bits per heavy atom. The second-order valence-corrected chi connectivity index (χ2v) is 2.49. The summed E-state index contributed by atoms with van der Waals surface area (Å²) in [5.41, 5.74) is 0.151. The van der Waals surface area contributed by atoms with Gasteiger partial charge in [-0.3, -0.25) is 0 Å². The van der Waals surface area contributed by atoms with E-state index in [1.807, 2.05) is 0 Å². The summed E-state index contributed by atoms with van der Waals surface area (Å²) < 4.78 is 9.48. The van der Waals surface area contributed by atoms with Crippen molar-refractivity contribution in [1.82, 2.24) is 4.98 Å². The second kappa shape index (κ2) is 2.90. The summed E-state index contributed by atoms with van der Waals surface area (Å²) in [6.45, 7) is 0. The van der Waals surface area contributed by atoms with Gasteiger partial charge in [0.2, 0.25) is 0 Å². The van der Waals surface area contributed by atoms with Gasteiger partial charge in [0, 0.05) is 0 Å². The smallest absolute Gasteiger partial charge is 0.396 e. The number of benzene rings is 1. The predicted octanol–water partition coefficient (Wildman–Crippen LogP) is 1.20. The van der Waals surface area contributed by atoms with E-state index in [0.29, 0.717) is 10.9 Å². The molecular weight excluding hydrogens is 170 g/mol. The lowest BCUT2D eigenvalue weighted by Gasteiger charge is -1.97. The Kier molecular flexibility index (Phi) is 1.73. The number of aromatic nitrogens is 1. The van der Waals surface area contributed by atoms with E-state index in [0.717, 1.165) is 0 Å². The van der Waals surface area contributed by atoms with Gasteiger partial charge in [-0.1, -0.05) is 12.1 Å². The molecule has 0 bridgehead atoms. The SMILES string of the molecule is COc1nc2ccccc2c(=O)o1. The fourth-order valence-electron chi connectivity index (χ4n) is 1.09. The van der Waals surface area contributed by atoms with Crippen molar-refractivity contribution in [2.45, 2.75) is 0 Å². The van der Waals surface area contributed by atoms with Crippen LogP contribution in [0.15, 0.2) is 33.5 Å². The molecule has 0 fully saturated rings. The highest BCUT2D eigenvalue weighted by Crippen LogP contribution is 2.10. The lowest BCUT2D eigenvalue weighted by molar-refractivity contribution is 0.270. The fraction of sp³-hybridized carbons (Fsp3) is 0.111. The van der Waals surface area contributed by atoms with Crippen molar-refractivity contribution in [3.8, 4) is 6.08 Å². The maximum absolute atomic E-state index is 11.3. The van der Waals surface area contributed by atoms with Gasteiger partial charge in [-0.25, -0.2) is 4.79 Å². The molecule has 0 aliphatic rings. The Balaban J connectivity index is 2.85. The molecule has 0 aliphatic carbocycles. The highest BCUT2D eigenvalue weighted by Gasteiger charge is 2.03. The van der Waals surface area contributed by atoms with Crippen molar-refractivity contribution >= 4 is 10.9 Å². The van der Waals surface area contributed by atoms with Gasteiger partial charge in [0.25, 0.3) is 0 Å². The van der Waals surface area contributed by atoms with Crippen molar-refractivity contribution in [2.24, 2.45) is 0 Å². The number of hydrogen-bond donors (Lipinski definition) is 0. The highest BCUT2D eigenvalue weighted by atomic mass is 16.6. The van der Waals surface area contributed by atoms with Crippen LogP contribution in [0.5, 0.6) is 6.08 Å². The Labute approximate surface area is 73.8 Å². The van der Waals surface area contributed by atoms with Gasteiger partial charge in [0.1, 0.15) is 0 Å². The lowest BCUT2D eigenvalue weighted by atomic mass is 10.2. The molecule has 0 unspecified atom stereocenters. The molecule has 2 rings (SSSR count). The highest BCUT2D eigenvalue weighted by molar-refractivity contribution is 5.76. The van der Waals surface area contributed by atoms with Crippen molar-refractivity contribution in [2.75, 3.05) is 7.11 Å². The van der Waals surface area contributed by atoms with E-state index in [2.05, 4.69) is 4.98 Å². The molecule has 0 spiro atoms. The number of nitrogens with zero attached hydrogens (tertiary/aromatic N) is 1. The molecule has 4 nitrogen and oxygen atoms in total. The van der Waals surface area contributed by atoms with Crippen LogP contribution in [-0.2, 0) is 0 Å². The van der Waals surface area contributed by atoms with Crippen LogP contribution in [0, 0.1) is 0 Å². The zero-order valence-electron chi connectivity index (χ0n) is 6.98. The van der Waals surface area contributed by atoms with Crippen LogP contribution in [0.1, 0.15) is 0 Å². The summed E-state index contributed by atoms with van der Waals surface area (Å²) in [6, 6.07) is 6.95. The average Bonchev–Trinajstić information content (AvgIpc) is 2.18. The Morgan fingerprint density at radius 3 is 2.92 bits per heavy atom. The first-order valence-electron chi connectivity index (χ1n) is 3.75. The average molecular weight is 177 g/mol. The number of fused-ring (bicyclic) bond motifs is 1. The molecule has 13 heavy (non-hydrogen) atoms. The number of para-hydroxylation sites is 1. The van der Waals surface area contributed by atoms with E-state index < -0.39 is 5.63 Å². The van der Waals surface area contributed by atoms with Gasteiger partial charge in [0.05, 0.1) is 18.0 Å². The number of ether oxygens (including phenoxy) is 1. The minimum atomic E-state index is -0.428. The second-order valence-electron chi connectivity index (χ2n) is 2.49. The van der Waals surface area contributed by atoms with E-state index in [-0.39, 0.29) is 6.08 Å². The summed E-state index contributed by atoms with van der Waals surface area (Å²) in [5, 5.41) is 0.461. The van der Waals surface area contributed by atoms with E-state index >= 15 is 0 Å². The molecular formula is C9H7NO3. The summed E-state index contributed by atoms with van der Waals surface area (Å²) in [7, 11) is 1.40. The van der Waals surface area contributed by atoms with Crippen molar-refractivity contribution in [3.05, 3.63) is 34.7 Å². The predicted molar refractivity (Wildman–Crippen MR) is 46.8 cm³/mol. The van der Waals surface area contributed by atoms with E-state index in [1.54, 1.807) is 24.3 Å². The van der Waals surface area contributed by atoms with Crippen LogP contribution in [-0.4, -0.2) is 12.1 Å². The molecule has 1 heterocycles. The number of hydrogen-bond acceptors (Lipinski definition) is 4. The maximum atomic E-state index is 11.3. The molecule has 0 radical (unpaired) electrons. The standard InChI is InChI=1S/C9H7NO3/c1-12-9-10-7-5-3-2-4-6(7)8(11)13-9/h2-5H,1H3. The van der Waals surface area contributed by atoms with Gasteiger partial charge in [-0.05, 0) is 12.1 Å². The van der Waals surface area contributed by atoms with Gasteiger partial charge < -0.3 is 9.15 Å². The van der Waals surface area contributed by atoms with Gasteiger partial charge >= 0.3 is 11.7 Å². The molecule has 0 aliphatic heterocycles. The third-order valence-electron chi connectivity index (χ3n) is 1.69. The Morgan fingerprint density at radius 2 is 2.15 bits per heavy atom. The Hall–Kier alpha value is -1.84. The summed E-state index contributed by atoms with van der Waals surface area (Å²) >= 11 is 0.